The van der Waals surface area contributed by atoms with Crippen LogP contribution >= 0.6 is 7.60 Å². The summed E-state index contributed by atoms with van der Waals surface area (Å²) in [7, 11) is -4.85. The lowest BCUT2D eigenvalue weighted by Gasteiger charge is -2.37. The zero-order chi connectivity index (χ0) is 16.1. The lowest BCUT2D eigenvalue weighted by atomic mass is 9.98. The molecule has 7 nitrogen and oxygen atoms in total. The second-order valence-electron chi connectivity index (χ2n) is 4.91. The largest absolute Gasteiger partial charge is 0.811 e. The Morgan fingerprint density at radius 3 is 2.29 bits per heavy atom. The molecular weight excluding hydrogens is 297 g/mol. The van der Waals surface area contributed by atoms with Gasteiger partial charge in [0.05, 0.1) is 17.9 Å². The van der Waals surface area contributed by atoms with E-state index in [4.69, 9.17) is 0 Å². The van der Waals surface area contributed by atoms with Gasteiger partial charge in [-0.05, 0) is 25.1 Å². The maximum Gasteiger partial charge on any atom is 0.225 e. The number of benzene rings is 1. The van der Waals surface area contributed by atoms with E-state index in [1.54, 1.807) is 30.3 Å². The molecule has 8 heteroatoms. The van der Waals surface area contributed by atoms with Gasteiger partial charge in [-0.25, -0.2) is 0 Å². The summed E-state index contributed by atoms with van der Waals surface area (Å²) in [6.07, 6.45) is -1.47. The van der Waals surface area contributed by atoms with Crippen LogP contribution in [-0.4, -0.2) is 23.6 Å². The summed E-state index contributed by atoms with van der Waals surface area (Å²) in [5.41, 5.74) is -1.23. The molecule has 0 aromatic heterocycles. The molecule has 0 radical (unpaired) electrons. The molecular formula is C13H15NO6P-3. The Labute approximate surface area is 122 Å². The lowest BCUT2D eigenvalue weighted by Crippen LogP contribution is -2.59. The Morgan fingerprint density at radius 2 is 1.81 bits per heavy atom. The standard InChI is InChI=1S/C13H18NO6P/c1-13(12(16)17,7-8-21(18,19)20)14-11(15)9-10-5-3-2-4-6-10/h2-6H,7-9H2,1H3,(H,14,15)(H,16,17)(H2,18,19,20)/p-3/t13-/m1/s1. The SMILES string of the molecule is C[C@](CCP(=O)([O-])[O-])(NC(=O)Cc1ccccc1)C(=O)[O-]. The molecule has 1 aromatic rings. The first-order valence-electron chi connectivity index (χ1n) is 6.20. The topological polar surface area (TPSA) is 132 Å². The summed E-state index contributed by atoms with van der Waals surface area (Å²) in [6.45, 7) is 1.11. The Hall–Kier alpha value is -1.69. The molecule has 1 amide bonds. The number of carboxylic acid groups (broad SMARTS) is 1. The van der Waals surface area contributed by atoms with Crippen LogP contribution in [0.5, 0.6) is 0 Å². The van der Waals surface area contributed by atoms with Crippen molar-refractivity contribution < 1.29 is 29.0 Å². The highest BCUT2D eigenvalue weighted by Gasteiger charge is 2.28. The molecule has 0 aliphatic heterocycles. The minimum absolute atomic E-state index is 0.0594. The fraction of sp³-hybridized carbons (Fsp3) is 0.385. The summed E-state index contributed by atoms with van der Waals surface area (Å²) in [4.78, 5) is 44.2. The van der Waals surface area contributed by atoms with Gasteiger partial charge in [0, 0.05) is 0 Å². The van der Waals surface area contributed by atoms with Gasteiger partial charge in [-0.2, -0.15) is 0 Å². The van der Waals surface area contributed by atoms with Gasteiger partial charge in [0.2, 0.25) is 5.91 Å². The van der Waals surface area contributed by atoms with Gasteiger partial charge in [-0.1, -0.05) is 37.9 Å². The van der Waals surface area contributed by atoms with E-state index in [9.17, 15) is 29.0 Å². The quantitative estimate of drug-likeness (QED) is 0.588. The third-order valence-corrected chi connectivity index (χ3v) is 3.73. The van der Waals surface area contributed by atoms with Gasteiger partial charge in [0.15, 0.2) is 0 Å². The maximum absolute atomic E-state index is 11.8. The zero-order valence-corrected chi connectivity index (χ0v) is 12.3. The van der Waals surface area contributed by atoms with E-state index in [1.165, 1.54) is 0 Å². The van der Waals surface area contributed by atoms with E-state index in [2.05, 4.69) is 5.32 Å². The maximum atomic E-state index is 11.8. The van der Waals surface area contributed by atoms with Crippen LogP contribution in [0, 0.1) is 0 Å². The van der Waals surface area contributed by atoms with Crippen molar-refractivity contribution >= 4 is 19.5 Å². The average molecular weight is 312 g/mol. The molecule has 0 spiro atoms. The molecule has 0 bridgehead atoms. The lowest BCUT2D eigenvalue weighted by molar-refractivity contribution is -0.316. The summed E-state index contributed by atoms with van der Waals surface area (Å²) >= 11 is 0. The van der Waals surface area contributed by atoms with Gasteiger partial charge >= 0.3 is 0 Å². The molecule has 0 aliphatic rings. The number of carbonyl (C=O) groups excluding carboxylic acids is 2. The number of hydrogen-bond acceptors (Lipinski definition) is 6. The first-order chi connectivity index (χ1) is 9.62. The number of amides is 1. The van der Waals surface area contributed by atoms with Crippen LogP contribution < -0.4 is 20.2 Å². The minimum atomic E-state index is -4.85. The predicted molar refractivity (Wildman–Crippen MR) is 68.8 cm³/mol. The highest BCUT2D eigenvalue weighted by atomic mass is 31.2. The molecule has 0 saturated carbocycles. The fourth-order valence-corrected chi connectivity index (χ4v) is 2.43. The Bertz CT molecular complexity index is 555. The van der Waals surface area contributed by atoms with Crippen molar-refractivity contribution in [1.82, 2.24) is 5.32 Å². The first kappa shape index (κ1) is 17.4. The van der Waals surface area contributed by atoms with Crippen molar-refractivity contribution in [3.63, 3.8) is 0 Å². The van der Waals surface area contributed by atoms with Gasteiger partial charge in [-0.15, -0.1) is 0 Å². The second-order valence-corrected chi connectivity index (χ2v) is 6.58. The van der Waals surface area contributed by atoms with Crippen molar-refractivity contribution in [2.75, 3.05) is 6.16 Å². The number of hydrogen-bond donors (Lipinski definition) is 1. The van der Waals surface area contributed by atoms with Gasteiger partial charge in [-0.3, -0.25) is 4.79 Å². The molecule has 0 fully saturated rings. The van der Waals surface area contributed by atoms with Gasteiger partial charge < -0.3 is 29.6 Å². The molecule has 0 aliphatic carbocycles. The van der Waals surface area contributed by atoms with Gasteiger partial charge in [0.25, 0.3) is 0 Å². The highest BCUT2D eigenvalue weighted by molar-refractivity contribution is 7.48. The number of aliphatic carboxylic acids is 1. The molecule has 0 unspecified atom stereocenters. The first-order valence-corrected chi connectivity index (χ1v) is 7.93. The number of carbonyl (C=O) groups is 2. The Kier molecular flexibility index (Phi) is 5.66. The average Bonchev–Trinajstić information content (AvgIpc) is 2.36. The summed E-state index contributed by atoms with van der Waals surface area (Å²) < 4.78 is 10.6. The van der Waals surface area contributed by atoms with E-state index >= 15 is 0 Å². The van der Waals surface area contributed by atoms with Crippen molar-refractivity contribution in [1.29, 1.82) is 0 Å². The summed E-state index contributed by atoms with van der Waals surface area (Å²) in [5, 5.41) is 13.3. The van der Waals surface area contributed by atoms with E-state index in [1.807, 2.05) is 0 Å². The number of nitrogens with one attached hydrogen (secondary N) is 1. The van der Waals surface area contributed by atoms with Crippen LogP contribution in [0.25, 0.3) is 0 Å². The molecule has 0 saturated heterocycles. The van der Waals surface area contributed by atoms with Crippen molar-refractivity contribution in [3.8, 4) is 0 Å². The monoisotopic (exact) mass is 312 g/mol. The highest BCUT2D eigenvalue weighted by Crippen LogP contribution is 2.27. The van der Waals surface area contributed by atoms with Crippen molar-refractivity contribution in [2.45, 2.75) is 25.3 Å². The van der Waals surface area contributed by atoms with Crippen molar-refractivity contribution in [2.24, 2.45) is 0 Å². The molecule has 116 valence electrons. The molecule has 21 heavy (non-hydrogen) atoms. The van der Waals surface area contributed by atoms with Crippen LogP contribution in [0.3, 0.4) is 0 Å². The van der Waals surface area contributed by atoms with E-state index < -0.39 is 37.6 Å². The van der Waals surface area contributed by atoms with E-state index in [0.717, 1.165) is 6.92 Å². The van der Waals surface area contributed by atoms with E-state index in [0.29, 0.717) is 5.56 Å². The second kappa shape index (κ2) is 6.85. The van der Waals surface area contributed by atoms with Crippen LogP contribution in [0.2, 0.25) is 0 Å². The van der Waals surface area contributed by atoms with E-state index in [-0.39, 0.29) is 6.42 Å². The number of rotatable bonds is 7. The third kappa shape index (κ3) is 6.08. The molecule has 0 heterocycles. The molecule has 1 N–H and O–H groups in total. The smallest absolute Gasteiger partial charge is 0.225 e. The van der Waals surface area contributed by atoms with Crippen molar-refractivity contribution in [3.05, 3.63) is 35.9 Å². The predicted octanol–water partition coefficient (Wildman–Crippen LogP) is -1.84. The summed E-state index contributed by atoms with van der Waals surface area (Å²) in [6, 6.07) is 8.61. The minimum Gasteiger partial charge on any atom is -0.811 e. The van der Waals surface area contributed by atoms with Gasteiger partial charge in [0.1, 0.15) is 0 Å². The van der Waals surface area contributed by atoms with Crippen LogP contribution in [0.4, 0.5) is 0 Å². The molecule has 1 rings (SSSR count). The number of carboxylic acids is 1. The Morgan fingerprint density at radius 1 is 1.24 bits per heavy atom. The molecule has 1 aromatic carbocycles. The zero-order valence-electron chi connectivity index (χ0n) is 11.4. The fourth-order valence-electron chi connectivity index (χ4n) is 1.71. The summed E-state index contributed by atoms with van der Waals surface area (Å²) in [5.74, 6) is -2.24. The van der Waals surface area contributed by atoms with Crippen LogP contribution in [0.1, 0.15) is 18.9 Å². The normalized spacial score (nSPS) is 14.2. The third-order valence-electron chi connectivity index (χ3n) is 2.96. The molecule has 1 atom stereocenters. The Balaban J connectivity index is 2.71. The van der Waals surface area contributed by atoms with Crippen LogP contribution in [0.15, 0.2) is 30.3 Å². The van der Waals surface area contributed by atoms with Crippen LogP contribution in [-0.2, 0) is 20.6 Å².